The molecule has 0 saturated heterocycles. The lowest BCUT2D eigenvalue weighted by molar-refractivity contribution is -0.946. The summed E-state index contributed by atoms with van der Waals surface area (Å²) in [5, 5.41) is 8.52. The van der Waals surface area contributed by atoms with Gasteiger partial charge in [0.05, 0.1) is 25.2 Å². The molecular weight excluding hydrogens is 334 g/mol. The van der Waals surface area contributed by atoms with E-state index in [4.69, 9.17) is 5.11 Å². The Hall–Kier alpha value is -2.65. The largest absolute Gasteiger partial charge is 0.478 e. The first-order valence-corrected chi connectivity index (χ1v) is 9.47. The predicted octanol–water partition coefficient (Wildman–Crippen LogP) is 5.82. The van der Waals surface area contributed by atoms with Gasteiger partial charge >= 0.3 is 5.97 Å². The zero-order valence-electron chi connectivity index (χ0n) is 16.8. The maximum Gasteiger partial charge on any atom is 0.335 e. The Morgan fingerprint density at radius 2 is 1.48 bits per heavy atom. The molecule has 3 heteroatoms. The van der Waals surface area contributed by atoms with Crippen LogP contribution in [0.3, 0.4) is 0 Å². The van der Waals surface area contributed by atoms with E-state index in [0.717, 1.165) is 29.7 Å². The lowest BCUT2D eigenvalue weighted by Crippen LogP contribution is -2.49. The number of quaternary nitrogens is 1. The summed E-state index contributed by atoms with van der Waals surface area (Å²) in [6.45, 7) is 17.9. The minimum atomic E-state index is -0.902. The summed E-state index contributed by atoms with van der Waals surface area (Å²) in [4.78, 5) is 10.4. The number of rotatable bonds is 8. The summed E-state index contributed by atoms with van der Waals surface area (Å²) in [6, 6.07) is 17.7. The molecule has 0 aromatic heterocycles. The van der Waals surface area contributed by atoms with Crippen molar-refractivity contribution >= 4 is 12.0 Å². The van der Waals surface area contributed by atoms with Gasteiger partial charge < -0.3 is 9.59 Å². The minimum absolute atomic E-state index is 0.301. The van der Waals surface area contributed by atoms with Gasteiger partial charge in [-0.2, -0.15) is 0 Å². The molecule has 0 aliphatic rings. The van der Waals surface area contributed by atoms with Crippen LogP contribution in [0.15, 0.2) is 73.8 Å². The van der Waals surface area contributed by atoms with Crippen molar-refractivity contribution in [1.29, 1.82) is 0 Å². The summed E-state index contributed by atoms with van der Waals surface area (Å²) < 4.78 is 1.09. The van der Waals surface area contributed by atoms with Gasteiger partial charge in [0.25, 0.3) is 0 Å². The van der Waals surface area contributed by atoms with Crippen molar-refractivity contribution in [2.75, 3.05) is 19.6 Å². The average molecular weight is 367 g/mol. The molecule has 0 aliphatic heterocycles. The number of hydrogen-bond acceptors (Lipinski definition) is 1. The van der Waals surface area contributed by atoms with Crippen LogP contribution < -0.4 is 0 Å². The van der Waals surface area contributed by atoms with Gasteiger partial charge in [-0.25, -0.2) is 4.79 Å². The highest BCUT2D eigenvalue weighted by atomic mass is 16.4. The normalized spacial score (nSPS) is 11.7. The van der Waals surface area contributed by atoms with Gasteiger partial charge in [0.15, 0.2) is 0 Å². The molecule has 0 saturated carbocycles. The Morgan fingerprint density at radius 1 is 0.963 bits per heavy atom. The Bertz CT molecular complexity index is 708. The van der Waals surface area contributed by atoms with E-state index in [9.17, 15) is 4.79 Å². The van der Waals surface area contributed by atoms with Crippen molar-refractivity contribution in [3.8, 4) is 0 Å². The van der Waals surface area contributed by atoms with Gasteiger partial charge in [0.2, 0.25) is 0 Å². The van der Waals surface area contributed by atoms with E-state index < -0.39 is 5.97 Å². The standard InChI is InChI=1S/C15H24N.C9H8O2/c1-5-15(14-12-10-9-11-13-14)16(6-2,7-3)8-4;1-2-7-3-5-8(6-4-7)9(10)11/h5,9-13,15H,1,6-8H2,2-4H3;2-6H,1H2,(H,10,11)/q+1;. The molecule has 2 aromatic rings. The fourth-order valence-electron chi connectivity index (χ4n) is 3.35. The van der Waals surface area contributed by atoms with E-state index in [1.807, 2.05) is 0 Å². The molecule has 3 nitrogen and oxygen atoms in total. The van der Waals surface area contributed by atoms with E-state index in [-0.39, 0.29) is 0 Å². The quantitative estimate of drug-likeness (QED) is 0.472. The van der Waals surface area contributed by atoms with Crippen molar-refractivity contribution < 1.29 is 14.4 Å². The molecule has 1 atom stereocenters. The third-order valence-corrected chi connectivity index (χ3v) is 5.24. The van der Waals surface area contributed by atoms with Crippen LogP contribution in [0, 0.1) is 0 Å². The number of nitrogens with zero attached hydrogens (tertiary/aromatic N) is 1. The van der Waals surface area contributed by atoms with Crippen LogP contribution in [0.1, 0.15) is 48.3 Å². The molecule has 0 spiro atoms. The van der Waals surface area contributed by atoms with E-state index in [1.165, 1.54) is 5.56 Å². The van der Waals surface area contributed by atoms with Gasteiger partial charge in [-0.15, -0.1) is 0 Å². The number of carboxylic acid groups (broad SMARTS) is 1. The van der Waals surface area contributed by atoms with Crippen molar-refractivity contribution in [2.45, 2.75) is 26.8 Å². The van der Waals surface area contributed by atoms with Crippen LogP contribution >= 0.6 is 0 Å². The first-order valence-electron chi connectivity index (χ1n) is 9.47. The highest BCUT2D eigenvalue weighted by molar-refractivity contribution is 5.87. The zero-order valence-corrected chi connectivity index (χ0v) is 16.8. The van der Waals surface area contributed by atoms with Crippen molar-refractivity contribution in [1.82, 2.24) is 0 Å². The summed E-state index contributed by atoms with van der Waals surface area (Å²) in [6.07, 6.45) is 3.78. The Kier molecular flexibility index (Phi) is 9.24. The molecule has 0 aliphatic carbocycles. The highest BCUT2D eigenvalue weighted by Gasteiger charge is 2.30. The molecule has 2 aromatic carbocycles. The monoisotopic (exact) mass is 366 g/mol. The molecular formula is C24H32NO2+. The first-order chi connectivity index (χ1) is 13.0. The Morgan fingerprint density at radius 3 is 1.85 bits per heavy atom. The molecule has 1 unspecified atom stereocenters. The second-order valence-electron chi connectivity index (χ2n) is 6.39. The van der Waals surface area contributed by atoms with Crippen LogP contribution in [-0.2, 0) is 0 Å². The highest BCUT2D eigenvalue weighted by Crippen LogP contribution is 2.29. The van der Waals surface area contributed by atoms with Crippen LogP contribution in [0.4, 0.5) is 0 Å². The summed E-state index contributed by atoms with van der Waals surface area (Å²) in [5.41, 5.74) is 2.61. The molecule has 27 heavy (non-hydrogen) atoms. The van der Waals surface area contributed by atoms with Crippen LogP contribution in [0.5, 0.6) is 0 Å². The molecule has 0 amide bonds. The second-order valence-corrected chi connectivity index (χ2v) is 6.39. The number of hydrogen-bond donors (Lipinski definition) is 1. The van der Waals surface area contributed by atoms with E-state index in [1.54, 1.807) is 30.3 Å². The lowest BCUT2D eigenvalue weighted by Gasteiger charge is -2.42. The van der Waals surface area contributed by atoms with Crippen LogP contribution in [-0.4, -0.2) is 35.2 Å². The smallest absolute Gasteiger partial charge is 0.335 e. The van der Waals surface area contributed by atoms with Crippen LogP contribution in [0.25, 0.3) is 6.08 Å². The molecule has 0 radical (unpaired) electrons. The molecule has 0 fully saturated rings. The summed E-state index contributed by atoms with van der Waals surface area (Å²) in [5.74, 6) is -0.902. The first kappa shape index (κ1) is 22.4. The van der Waals surface area contributed by atoms with Gasteiger partial charge in [0.1, 0.15) is 6.04 Å². The molecule has 0 heterocycles. The average Bonchev–Trinajstić information content (AvgIpc) is 2.73. The zero-order chi connectivity index (χ0) is 20.3. The fourth-order valence-corrected chi connectivity index (χ4v) is 3.35. The fraction of sp³-hybridized carbons (Fsp3) is 0.292. The number of carboxylic acids is 1. The van der Waals surface area contributed by atoms with Crippen molar-refractivity contribution in [3.05, 3.63) is 90.5 Å². The predicted molar refractivity (Wildman–Crippen MR) is 115 cm³/mol. The topological polar surface area (TPSA) is 37.3 Å². The van der Waals surface area contributed by atoms with Gasteiger partial charge in [0, 0.05) is 5.56 Å². The molecule has 0 bridgehead atoms. The van der Waals surface area contributed by atoms with Crippen molar-refractivity contribution in [2.24, 2.45) is 0 Å². The Labute approximate surface area is 163 Å². The van der Waals surface area contributed by atoms with Crippen molar-refractivity contribution in [3.63, 3.8) is 0 Å². The number of carbonyl (C=O) groups is 1. The van der Waals surface area contributed by atoms with E-state index >= 15 is 0 Å². The second kappa shape index (κ2) is 11.1. The Balaban J connectivity index is 0.000000289. The summed E-state index contributed by atoms with van der Waals surface area (Å²) >= 11 is 0. The van der Waals surface area contributed by atoms with Gasteiger partial charge in [-0.05, 0) is 44.5 Å². The van der Waals surface area contributed by atoms with E-state index in [0.29, 0.717) is 11.6 Å². The SMILES string of the molecule is C=CC(c1ccccc1)[N+](CC)(CC)CC.C=Cc1ccc(C(=O)O)cc1. The van der Waals surface area contributed by atoms with Gasteiger partial charge in [-0.1, -0.05) is 61.7 Å². The molecule has 1 N–H and O–H groups in total. The number of aromatic carboxylic acids is 1. The van der Waals surface area contributed by atoms with Gasteiger partial charge in [-0.3, -0.25) is 0 Å². The minimum Gasteiger partial charge on any atom is -0.478 e. The number of benzene rings is 2. The summed E-state index contributed by atoms with van der Waals surface area (Å²) in [7, 11) is 0. The lowest BCUT2D eigenvalue weighted by atomic mass is 10.0. The number of likely N-dealkylation sites (N-methyl/N-ethyl adjacent to an activating group) is 1. The van der Waals surface area contributed by atoms with E-state index in [2.05, 4.69) is 70.3 Å². The third-order valence-electron chi connectivity index (χ3n) is 5.24. The maximum absolute atomic E-state index is 10.4. The molecule has 144 valence electrons. The van der Waals surface area contributed by atoms with Crippen LogP contribution in [0.2, 0.25) is 0 Å². The third kappa shape index (κ3) is 5.93. The molecule has 2 rings (SSSR count). The maximum atomic E-state index is 10.4.